The molecule has 0 saturated heterocycles. The fourth-order valence-corrected chi connectivity index (χ4v) is 7.00. The maximum Gasteiger partial charge on any atom is 0.251 e. The number of alkyl halides is 2. The van der Waals surface area contributed by atoms with Crippen molar-refractivity contribution >= 4 is 0 Å². The van der Waals surface area contributed by atoms with E-state index < -0.39 is 30.2 Å². The smallest absolute Gasteiger partial charge is 0.251 e. The monoisotopic (exact) mass is 452 g/mol. The van der Waals surface area contributed by atoms with Crippen LogP contribution in [0, 0.1) is 23.2 Å². The Labute approximate surface area is 192 Å². The first-order valence-electron chi connectivity index (χ1n) is 12.3. The van der Waals surface area contributed by atoms with E-state index in [1.54, 1.807) is 0 Å². The molecule has 0 radical (unpaired) electrons. The molecule has 0 bridgehead atoms. The third kappa shape index (κ3) is 5.71. The Morgan fingerprint density at radius 3 is 2.56 bits per heavy atom. The van der Waals surface area contributed by atoms with Crippen molar-refractivity contribution in [1.29, 1.82) is 0 Å². The second-order valence-electron chi connectivity index (χ2n) is 11.7. The Hall–Kier alpha value is -1.04. The van der Waals surface area contributed by atoms with E-state index in [4.69, 9.17) is 0 Å². The van der Waals surface area contributed by atoms with Gasteiger partial charge in [-0.1, -0.05) is 38.2 Å². The van der Waals surface area contributed by atoms with Gasteiger partial charge in [0, 0.05) is 19.3 Å². The summed E-state index contributed by atoms with van der Waals surface area (Å²) in [5.74, 6) is -2.35. The third-order valence-corrected chi connectivity index (χ3v) is 8.30. The van der Waals surface area contributed by atoms with Gasteiger partial charge >= 0.3 is 0 Å². The van der Waals surface area contributed by atoms with Gasteiger partial charge < -0.3 is 15.3 Å². The number of halogens is 2. The SMILES string of the molecule is C=C1C(=CC=C2CCCC3(C)C2CCC3C(C)CC(F)(F)CC(C)(C)O)CC(O)CC1O. The second-order valence-corrected chi connectivity index (χ2v) is 11.7. The predicted molar refractivity (Wildman–Crippen MR) is 124 cm³/mol. The first kappa shape index (κ1) is 25.6. The van der Waals surface area contributed by atoms with Gasteiger partial charge in [-0.05, 0) is 86.7 Å². The lowest BCUT2D eigenvalue weighted by atomic mass is 9.60. The van der Waals surface area contributed by atoms with Gasteiger partial charge in [0.15, 0.2) is 0 Å². The molecule has 3 N–H and O–H groups in total. The van der Waals surface area contributed by atoms with Gasteiger partial charge in [-0.25, -0.2) is 8.78 Å². The molecule has 0 aromatic rings. The zero-order valence-electron chi connectivity index (χ0n) is 20.2. The minimum absolute atomic E-state index is 0.00935. The van der Waals surface area contributed by atoms with Crippen molar-refractivity contribution in [3.05, 3.63) is 35.5 Å². The van der Waals surface area contributed by atoms with Crippen molar-refractivity contribution in [2.45, 2.75) is 109 Å². The Morgan fingerprint density at radius 2 is 1.91 bits per heavy atom. The van der Waals surface area contributed by atoms with E-state index in [-0.39, 0.29) is 23.7 Å². The summed E-state index contributed by atoms with van der Waals surface area (Å²) in [6, 6.07) is 0. The van der Waals surface area contributed by atoms with Crippen molar-refractivity contribution in [1.82, 2.24) is 0 Å². The molecule has 5 heteroatoms. The predicted octanol–water partition coefficient (Wildman–Crippen LogP) is 5.95. The highest BCUT2D eigenvalue weighted by Crippen LogP contribution is 2.60. The van der Waals surface area contributed by atoms with E-state index in [9.17, 15) is 24.1 Å². The van der Waals surface area contributed by atoms with Gasteiger partial charge in [-0.15, -0.1) is 0 Å². The van der Waals surface area contributed by atoms with Crippen LogP contribution in [0.4, 0.5) is 8.78 Å². The van der Waals surface area contributed by atoms with E-state index in [0.29, 0.717) is 24.3 Å². The third-order valence-electron chi connectivity index (χ3n) is 8.30. The molecule has 0 heterocycles. The zero-order chi connectivity index (χ0) is 23.9. The summed E-state index contributed by atoms with van der Waals surface area (Å²) in [5.41, 5.74) is 1.61. The van der Waals surface area contributed by atoms with Gasteiger partial charge in [0.25, 0.3) is 5.92 Å². The van der Waals surface area contributed by atoms with Crippen LogP contribution in [0.15, 0.2) is 35.5 Å². The first-order chi connectivity index (χ1) is 14.7. The van der Waals surface area contributed by atoms with E-state index >= 15 is 0 Å². The molecule has 0 aliphatic heterocycles. The number of allylic oxidation sites excluding steroid dienone is 3. The number of aliphatic hydroxyl groups excluding tert-OH is 2. The van der Waals surface area contributed by atoms with Crippen molar-refractivity contribution in [3.63, 3.8) is 0 Å². The average molecular weight is 453 g/mol. The molecule has 32 heavy (non-hydrogen) atoms. The Bertz CT molecular complexity index is 763. The topological polar surface area (TPSA) is 60.7 Å². The standard InChI is InChI=1S/C27H42F2O3/c1-17(15-27(28,29)16-25(3,4)32)22-10-11-23-19(7-6-12-26(22,23)5)8-9-20-13-21(30)14-24(31)18(20)2/h8-9,17,21-24,30-32H,2,6-7,10-16H2,1,3-5H3. The lowest BCUT2D eigenvalue weighted by molar-refractivity contribution is -0.0949. The molecule has 3 nitrogen and oxygen atoms in total. The van der Waals surface area contributed by atoms with Crippen LogP contribution in [0.5, 0.6) is 0 Å². The van der Waals surface area contributed by atoms with Crippen LogP contribution >= 0.6 is 0 Å². The van der Waals surface area contributed by atoms with Crippen molar-refractivity contribution in [2.75, 3.05) is 0 Å². The van der Waals surface area contributed by atoms with Gasteiger partial charge in [-0.2, -0.15) is 0 Å². The summed E-state index contributed by atoms with van der Waals surface area (Å²) in [6.07, 6.45) is 8.20. The minimum atomic E-state index is -2.87. The van der Waals surface area contributed by atoms with Crippen LogP contribution in [-0.2, 0) is 0 Å². The van der Waals surface area contributed by atoms with E-state index in [1.807, 2.05) is 13.0 Å². The summed E-state index contributed by atoms with van der Waals surface area (Å²) in [4.78, 5) is 0. The van der Waals surface area contributed by atoms with Crippen LogP contribution in [-0.4, -0.2) is 39.1 Å². The molecule has 6 atom stereocenters. The minimum Gasteiger partial charge on any atom is -0.393 e. The van der Waals surface area contributed by atoms with E-state index in [2.05, 4.69) is 19.6 Å². The fraction of sp³-hybridized carbons (Fsp3) is 0.778. The summed E-state index contributed by atoms with van der Waals surface area (Å²) >= 11 is 0. The quantitative estimate of drug-likeness (QED) is 0.467. The Balaban J connectivity index is 1.75. The summed E-state index contributed by atoms with van der Waals surface area (Å²) in [5, 5.41) is 30.0. The summed E-state index contributed by atoms with van der Waals surface area (Å²) < 4.78 is 29.3. The molecular weight excluding hydrogens is 410 g/mol. The van der Waals surface area contributed by atoms with Crippen molar-refractivity contribution in [3.8, 4) is 0 Å². The molecule has 3 saturated carbocycles. The highest BCUT2D eigenvalue weighted by molar-refractivity contribution is 5.38. The molecule has 0 amide bonds. The zero-order valence-corrected chi connectivity index (χ0v) is 20.2. The number of aliphatic hydroxyl groups is 3. The average Bonchev–Trinajstić information content (AvgIpc) is 2.98. The molecule has 3 aliphatic rings. The van der Waals surface area contributed by atoms with Gasteiger partial charge in [0.1, 0.15) is 0 Å². The van der Waals surface area contributed by atoms with Crippen LogP contribution < -0.4 is 0 Å². The molecular formula is C27H42F2O3. The number of hydrogen-bond acceptors (Lipinski definition) is 3. The molecule has 3 aliphatic carbocycles. The van der Waals surface area contributed by atoms with E-state index in [0.717, 1.165) is 37.7 Å². The second kappa shape index (κ2) is 9.31. The Kier molecular flexibility index (Phi) is 7.44. The number of fused-ring (bicyclic) bond motifs is 1. The van der Waals surface area contributed by atoms with Crippen LogP contribution in [0.2, 0.25) is 0 Å². The molecule has 0 spiro atoms. The molecule has 6 unspecified atom stereocenters. The normalized spacial score (nSPS) is 37.7. The molecule has 3 fully saturated rings. The molecule has 0 aromatic heterocycles. The van der Waals surface area contributed by atoms with Crippen LogP contribution in [0.25, 0.3) is 0 Å². The molecule has 3 rings (SSSR count). The van der Waals surface area contributed by atoms with Gasteiger partial charge in [0.05, 0.1) is 17.8 Å². The van der Waals surface area contributed by atoms with Crippen LogP contribution in [0.3, 0.4) is 0 Å². The summed E-state index contributed by atoms with van der Waals surface area (Å²) in [6.45, 7) is 11.1. The Morgan fingerprint density at radius 1 is 1.22 bits per heavy atom. The molecule has 182 valence electrons. The number of rotatable bonds is 6. The van der Waals surface area contributed by atoms with Crippen LogP contribution in [0.1, 0.15) is 85.5 Å². The van der Waals surface area contributed by atoms with E-state index in [1.165, 1.54) is 19.4 Å². The highest BCUT2D eigenvalue weighted by Gasteiger charge is 2.52. The lowest BCUT2D eigenvalue weighted by Gasteiger charge is -2.45. The van der Waals surface area contributed by atoms with Gasteiger partial charge in [-0.3, -0.25) is 0 Å². The summed E-state index contributed by atoms with van der Waals surface area (Å²) in [7, 11) is 0. The first-order valence-corrected chi connectivity index (χ1v) is 12.3. The fourth-order valence-electron chi connectivity index (χ4n) is 7.00. The van der Waals surface area contributed by atoms with Gasteiger partial charge in [0.2, 0.25) is 0 Å². The number of hydrogen-bond donors (Lipinski definition) is 3. The van der Waals surface area contributed by atoms with Crippen molar-refractivity contribution < 1.29 is 24.1 Å². The maximum atomic E-state index is 14.6. The maximum absolute atomic E-state index is 14.6. The molecule has 0 aromatic carbocycles. The van der Waals surface area contributed by atoms with Crippen molar-refractivity contribution in [2.24, 2.45) is 23.2 Å². The largest absolute Gasteiger partial charge is 0.393 e. The lowest BCUT2D eigenvalue weighted by Crippen LogP contribution is -2.39. The highest BCUT2D eigenvalue weighted by atomic mass is 19.3.